The van der Waals surface area contributed by atoms with Crippen LogP contribution in [0.25, 0.3) is 0 Å². The van der Waals surface area contributed by atoms with Crippen LogP contribution < -0.4 is 5.32 Å². The van der Waals surface area contributed by atoms with Gasteiger partial charge < -0.3 is 15.2 Å². The topological polar surface area (TPSA) is 93.5 Å². The van der Waals surface area contributed by atoms with Crippen molar-refractivity contribution >= 4 is 28.9 Å². The highest BCUT2D eigenvalue weighted by Gasteiger charge is 2.30. The van der Waals surface area contributed by atoms with Crippen LogP contribution in [0.15, 0.2) is 23.8 Å². The smallest absolute Gasteiger partial charge is 0.331 e. The van der Waals surface area contributed by atoms with Crippen LogP contribution in [0, 0.1) is 0 Å². The van der Waals surface area contributed by atoms with Gasteiger partial charge in [0.05, 0.1) is 23.4 Å². The summed E-state index contributed by atoms with van der Waals surface area (Å²) in [4.78, 5) is 24.0. The summed E-state index contributed by atoms with van der Waals surface area (Å²) in [6, 6.07) is 1.83. The molecule has 0 aliphatic heterocycles. The van der Waals surface area contributed by atoms with E-state index >= 15 is 0 Å². The zero-order valence-electron chi connectivity index (χ0n) is 12.5. The van der Waals surface area contributed by atoms with Crippen molar-refractivity contribution in [3.05, 3.63) is 34.3 Å². The standard InChI is InChI=1S/C14H17N3O4S/c1-14(2,13(19)20)17-7-10(6-15-17)16-12(18)11-9(8-21-3)4-5-22-11/h4-7H,8H2,1-3H3,(H,16,18)(H,19,20). The number of carboxylic acid groups (broad SMARTS) is 1. The summed E-state index contributed by atoms with van der Waals surface area (Å²) in [5.74, 6) is -1.27. The minimum absolute atomic E-state index is 0.269. The van der Waals surface area contributed by atoms with Crippen molar-refractivity contribution in [3.8, 4) is 0 Å². The lowest BCUT2D eigenvalue weighted by Crippen LogP contribution is -2.35. The molecule has 0 radical (unpaired) electrons. The second kappa shape index (κ2) is 6.29. The molecule has 22 heavy (non-hydrogen) atoms. The third-order valence-electron chi connectivity index (χ3n) is 3.19. The highest BCUT2D eigenvalue weighted by Crippen LogP contribution is 2.21. The molecule has 0 aliphatic rings. The predicted molar refractivity (Wildman–Crippen MR) is 82.2 cm³/mol. The van der Waals surface area contributed by atoms with Gasteiger partial charge in [0.15, 0.2) is 5.54 Å². The van der Waals surface area contributed by atoms with Gasteiger partial charge in [-0.25, -0.2) is 4.79 Å². The van der Waals surface area contributed by atoms with E-state index in [2.05, 4.69) is 10.4 Å². The highest BCUT2D eigenvalue weighted by molar-refractivity contribution is 7.12. The first kappa shape index (κ1) is 16.2. The van der Waals surface area contributed by atoms with Crippen molar-refractivity contribution in [1.29, 1.82) is 0 Å². The molecule has 1 amide bonds. The summed E-state index contributed by atoms with van der Waals surface area (Å²) in [5.41, 5.74) is 0.0620. The van der Waals surface area contributed by atoms with Gasteiger partial charge in [0.2, 0.25) is 0 Å². The number of amides is 1. The van der Waals surface area contributed by atoms with Crippen molar-refractivity contribution in [3.63, 3.8) is 0 Å². The summed E-state index contributed by atoms with van der Waals surface area (Å²) in [6.45, 7) is 3.42. The molecule has 0 unspecified atom stereocenters. The van der Waals surface area contributed by atoms with E-state index in [1.165, 1.54) is 42.3 Å². The summed E-state index contributed by atoms with van der Waals surface area (Å²) in [6.07, 6.45) is 2.92. The molecule has 2 N–H and O–H groups in total. The number of methoxy groups -OCH3 is 1. The molecule has 2 heterocycles. The number of nitrogens with one attached hydrogen (secondary N) is 1. The Morgan fingerprint density at radius 3 is 2.86 bits per heavy atom. The maximum Gasteiger partial charge on any atom is 0.331 e. The van der Waals surface area contributed by atoms with Crippen LogP contribution in [0.1, 0.15) is 29.1 Å². The Balaban J connectivity index is 2.15. The van der Waals surface area contributed by atoms with Gasteiger partial charge in [0, 0.05) is 18.9 Å². The van der Waals surface area contributed by atoms with Gasteiger partial charge in [-0.1, -0.05) is 0 Å². The van der Waals surface area contributed by atoms with Crippen LogP contribution in [-0.4, -0.2) is 33.9 Å². The molecule has 0 atom stereocenters. The SMILES string of the molecule is COCc1ccsc1C(=O)Nc1cnn(C(C)(C)C(=O)O)c1. The molecule has 0 saturated carbocycles. The molecule has 0 bridgehead atoms. The van der Waals surface area contributed by atoms with Gasteiger partial charge >= 0.3 is 5.97 Å². The van der Waals surface area contributed by atoms with E-state index in [0.717, 1.165) is 5.56 Å². The number of rotatable bonds is 6. The van der Waals surface area contributed by atoms with Crippen LogP contribution in [0.4, 0.5) is 5.69 Å². The number of aromatic nitrogens is 2. The number of nitrogens with zero attached hydrogens (tertiary/aromatic N) is 2. The molecule has 0 aromatic carbocycles. The second-order valence-corrected chi connectivity index (χ2v) is 6.12. The molecule has 2 rings (SSSR count). The second-order valence-electron chi connectivity index (χ2n) is 5.20. The molecular weight excluding hydrogens is 306 g/mol. The van der Waals surface area contributed by atoms with Gasteiger partial charge in [-0.3, -0.25) is 9.48 Å². The van der Waals surface area contributed by atoms with E-state index in [0.29, 0.717) is 17.2 Å². The van der Waals surface area contributed by atoms with Crippen molar-refractivity contribution in [2.75, 3.05) is 12.4 Å². The van der Waals surface area contributed by atoms with E-state index in [1.54, 1.807) is 7.11 Å². The summed E-state index contributed by atoms with van der Waals surface area (Å²) >= 11 is 1.32. The zero-order valence-corrected chi connectivity index (χ0v) is 13.3. The number of carbonyl (C=O) groups excluding carboxylic acids is 1. The van der Waals surface area contributed by atoms with E-state index in [1.807, 2.05) is 11.4 Å². The Kier molecular flexibility index (Phi) is 4.62. The Labute approximate surface area is 131 Å². The molecule has 2 aromatic heterocycles. The van der Waals surface area contributed by atoms with E-state index in [9.17, 15) is 14.7 Å². The molecule has 8 heteroatoms. The number of carbonyl (C=O) groups is 2. The van der Waals surface area contributed by atoms with Gasteiger partial charge in [-0.05, 0) is 25.3 Å². The molecule has 7 nitrogen and oxygen atoms in total. The first-order chi connectivity index (χ1) is 10.4. The lowest BCUT2D eigenvalue weighted by atomic mass is 10.1. The summed E-state index contributed by atoms with van der Waals surface area (Å²) in [5, 5.41) is 17.7. The van der Waals surface area contributed by atoms with E-state index in [4.69, 9.17) is 4.74 Å². The van der Waals surface area contributed by atoms with Crippen molar-refractivity contribution in [2.45, 2.75) is 26.0 Å². The first-order valence-electron chi connectivity index (χ1n) is 6.51. The fourth-order valence-corrected chi connectivity index (χ4v) is 2.59. The number of carboxylic acids is 1. The molecule has 118 valence electrons. The average molecular weight is 323 g/mol. The minimum atomic E-state index is -1.19. The molecular formula is C14H17N3O4S. The van der Waals surface area contributed by atoms with Gasteiger partial charge in [0.1, 0.15) is 0 Å². The normalized spacial score (nSPS) is 11.4. The van der Waals surface area contributed by atoms with Gasteiger partial charge in [-0.2, -0.15) is 5.10 Å². The van der Waals surface area contributed by atoms with Crippen LogP contribution in [0.3, 0.4) is 0 Å². The predicted octanol–water partition coefficient (Wildman–Crippen LogP) is 2.16. The summed E-state index contributed by atoms with van der Waals surface area (Å²) < 4.78 is 6.35. The molecule has 0 spiro atoms. The third kappa shape index (κ3) is 3.18. The quantitative estimate of drug-likeness (QED) is 0.849. The van der Waals surface area contributed by atoms with Gasteiger partial charge in [-0.15, -0.1) is 11.3 Å². The molecule has 0 fully saturated rings. The lowest BCUT2D eigenvalue weighted by molar-refractivity contribution is -0.146. The Hall–Kier alpha value is -2.19. The number of thiophene rings is 1. The number of hydrogen-bond donors (Lipinski definition) is 2. The zero-order chi connectivity index (χ0) is 16.3. The molecule has 2 aromatic rings. The van der Waals surface area contributed by atoms with Crippen LogP contribution in [0.2, 0.25) is 0 Å². The van der Waals surface area contributed by atoms with Crippen LogP contribution >= 0.6 is 11.3 Å². The molecule has 0 saturated heterocycles. The van der Waals surface area contributed by atoms with E-state index < -0.39 is 11.5 Å². The van der Waals surface area contributed by atoms with Crippen molar-refractivity contribution < 1.29 is 19.4 Å². The fourth-order valence-electron chi connectivity index (χ4n) is 1.78. The maximum absolute atomic E-state index is 12.3. The average Bonchev–Trinajstić information content (AvgIpc) is 3.08. The molecule has 0 aliphatic carbocycles. The summed E-state index contributed by atoms with van der Waals surface area (Å²) in [7, 11) is 1.57. The van der Waals surface area contributed by atoms with Crippen molar-refractivity contribution in [1.82, 2.24) is 9.78 Å². The Bertz CT molecular complexity index is 690. The van der Waals surface area contributed by atoms with Crippen molar-refractivity contribution in [2.24, 2.45) is 0 Å². The fraction of sp³-hybridized carbons (Fsp3) is 0.357. The largest absolute Gasteiger partial charge is 0.479 e. The van der Waals surface area contributed by atoms with Crippen LogP contribution in [0.5, 0.6) is 0 Å². The number of aliphatic carboxylic acids is 1. The van der Waals surface area contributed by atoms with Gasteiger partial charge in [0.25, 0.3) is 5.91 Å². The highest BCUT2D eigenvalue weighted by atomic mass is 32.1. The first-order valence-corrected chi connectivity index (χ1v) is 7.39. The number of hydrogen-bond acceptors (Lipinski definition) is 5. The van der Waals surface area contributed by atoms with E-state index in [-0.39, 0.29) is 5.91 Å². The third-order valence-corrected chi connectivity index (χ3v) is 4.14. The minimum Gasteiger partial charge on any atom is -0.479 e. The number of ether oxygens (including phenoxy) is 1. The number of anilines is 1. The van der Waals surface area contributed by atoms with Crippen LogP contribution in [-0.2, 0) is 21.7 Å². The monoisotopic (exact) mass is 323 g/mol. The Morgan fingerprint density at radius 2 is 2.23 bits per heavy atom. The Morgan fingerprint density at radius 1 is 1.50 bits per heavy atom. The maximum atomic E-state index is 12.3. The lowest BCUT2D eigenvalue weighted by Gasteiger charge is -2.19.